The normalized spacial score (nSPS) is 10.3. The maximum absolute atomic E-state index is 11.9. The fourth-order valence-electron chi connectivity index (χ4n) is 1.84. The molecule has 110 valence electrons. The second kappa shape index (κ2) is 8.32. The topological polar surface area (TPSA) is 68.0 Å². The average molecular weight is 301 g/mol. The third-order valence-corrected chi connectivity index (χ3v) is 3.98. The molecule has 0 fully saturated rings. The lowest BCUT2D eigenvalue weighted by Crippen LogP contribution is -2.25. The van der Waals surface area contributed by atoms with E-state index in [1.165, 1.54) is 0 Å². The molecule has 3 N–H and O–H groups in total. The highest BCUT2D eigenvalue weighted by Gasteiger charge is 2.07. The molecule has 4 nitrogen and oxygen atoms in total. The molecule has 0 aliphatic heterocycles. The van der Waals surface area contributed by atoms with Gasteiger partial charge in [0.1, 0.15) is 0 Å². The van der Waals surface area contributed by atoms with Gasteiger partial charge < -0.3 is 11.1 Å². The van der Waals surface area contributed by atoms with Crippen LogP contribution in [0.1, 0.15) is 23.2 Å². The molecule has 5 heteroatoms. The number of amides is 1. The number of para-hydroxylation sites is 1. The van der Waals surface area contributed by atoms with Crippen LogP contribution in [0.3, 0.4) is 0 Å². The molecule has 1 aromatic carbocycles. The lowest BCUT2D eigenvalue weighted by atomic mass is 10.1. The summed E-state index contributed by atoms with van der Waals surface area (Å²) in [6, 6.07) is 13.0. The number of rotatable bonds is 7. The van der Waals surface area contributed by atoms with Crippen LogP contribution in [0.2, 0.25) is 0 Å². The Balaban J connectivity index is 1.62. The first-order chi connectivity index (χ1) is 10.3. The van der Waals surface area contributed by atoms with E-state index >= 15 is 0 Å². The molecule has 1 aromatic heterocycles. The Morgan fingerprint density at radius 1 is 1.14 bits per heavy atom. The fourth-order valence-corrected chi connectivity index (χ4v) is 2.70. The highest BCUT2D eigenvalue weighted by Crippen LogP contribution is 2.15. The van der Waals surface area contributed by atoms with Crippen molar-refractivity contribution < 1.29 is 4.79 Å². The third kappa shape index (κ3) is 5.11. The van der Waals surface area contributed by atoms with Crippen molar-refractivity contribution in [3.8, 4) is 0 Å². The van der Waals surface area contributed by atoms with E-state index < -0.39 is 0 Å². The van der Waals surface area contributed by atoms with Gasteiger partial charge in [-0.3, -0.25) is 4.79 Å². The lowest BCUT2D eigenvalue weighted by molar-refractivity contribution is 0.0954. The summed E-state index contributed by atoms with van der Waals surface area (Å²) in [5, 5.41) is 3.93. The summed E-state index contributed by atoms with van der Waals surface area (Å²) in [5.74, 6) is 0.894. The highest BCUT2D eigenvalue weighted by molar-refractivity contribution is 7.99. The molecule has 1 amide bonds. The van der Waals surface area contributed by atoms with E-state index in [9.17, 15) is 4.79 Å². The van der Waals surface area contributed by atoms with Crippen molar-refractivity contribution in [2.75, 3.05) is 18.0 Å². The first kappa shape index (κ1) is 15.4. The monoisotopic (exact) mass is 301 g/mol. The van der Waals surface area contributed by atoms with Crippen molar-refractivity contribution in [1.29, 1.82) is 0 Å². The quantitative estimate of drug-likeness (QED) is 0.469. The molecule has 0 atom stereocenters. The van der Waals surface area contributed by atoms with Gasteiger partial charge in [0.25, 0.3) is 5.91 Å². The number of hydrogen-bond donors (Lipinski definition) is 2. The number of hydrogen-bond acceptors (Lipinski definition) is 4. The molecule has 0 bridgehead atoms. The van der Waals surface area contributed by atoms with Crippen LogP contribution >= 0.6 is 11.8 Å². The van der Waals surface area contributed by atoms with Crippen LogP contribution in [-0.2, 0) is 0 Å². The Kier molecular flexibility index (Phi) is 6.09. The van der Waals surface area contributed by atoms with E-state index in [4.69, 9.17) is 5.73 Å². The molecular formula is C16H19N3OS. The Morgan fingerprint density at radius 2 is 1.95 bits per heavy atom. The molecule has 0 aliphatic carbocycles. The second-order valence-electron chi connectivity index (χ2n) is 4.57. The summed E-state index contributed by atoms with van der Waals surface area (Å²) in [7, 11) is 0. The smallest absolute Gasteiger partial charge is 0.253 e. The van der Waals surface area contributed by atoms with E-state index in [0.29, 0.717) is 17.8 Å². The SMILES string of the molecule is Nc1ccccc1C(=O)NCCCCSc1ccccn1. The van der Waals surface area contributed by atoms with Crippen LogP contribution in [0.15, 0.2) is 53.7 Å². The van der Waals surface area contributed by atoms with Gasteiger partial charge in [0.2, 0.25) is 0 Å². The zero-order chi connectivity index (χ0) is 14.9. The van der Waals surface area contributed by atoms with E-state index in [-0.39, 0.29) is 5.91 Å². The van der Waals surface area contributed by atoms with Gasteiger partial charge in [-0.15, -0.1) is 11.8 Å². The maximum Gasteiger partial charge on any atom is 0.253 e. The van der Waals surface area contributed by atoms with E-state index in [0.717, 1.165) is 23.6 Å². The molecule has 2 aromatic rings. The van der Waals surface area contributed by atoms with E-state index in [1.807, 2.05) is 30.3 Å². The molecule has 2 rings (SSSR count). The van der Waals surface area contributed by atoms with Crippen molar-refractivity contribution in [3.05, 3.63) is 54.2 Å². The zero-order valence-electron chi connectivity index (χ0n) is 11.8. The number of carbonyl (C=O) groups is 1. The van der Waals surface area contributed by atoms with Crippen LogP contribution in [0, 0.1) is 0 Å². The van der Waals surface area contributed by atoms with E-state index in [2.05, 4.69) is 10.3 Å². The number of carbonyl (C=O) groups excluding carboxylic acids is 1. The van der Waals surface area contributed by atoms with Gasteiger partial charge in [0.15, 0.2) is 0 Å². The molecule has 0 radical (unpaired) electrons. The number of aromatic nitrogens is 1. The maximum atomic E-state index is 11.9. The van der Waals surface area contributed by atoms with Crippen molar-refractivity contribution in [1.82, 2.24) is 10.3 Å². The predicted molar refractivity (Wildman–Crippen MR) is 87.4 cm³/mol. The predicted octanol–water partition coefficient (Wildman–Crippen LogP) is 2.97. The zero-order valence-corrected chi connectivity index (χ0v) is 12.6. The van der Waals surface area contributed by atoms with Gasteiger partial charge in [-0.2, -0.15) is 0 Å². The van der Waals surface area contributed by atoms with Crippen LogP contribution in [0.5, 0.6) is 0 Å². The number of unbranched alkanes of at least 4 members (excludes halogenated alkanes) is 1. The van der Waals surface area contributed by atoms with Crippen molar-refractivity contribution in [2.24, 2.45) is 0 Å². The number of anilines is 1. The number of nitrogen functional groups attached to an aromatic ring is 1. The highest BCUT2D eigenvalue weighted by atomic mass is 32.2. The summed E-state index contributed by atoms with van der Waals surface area (Å²) >= 11 is 1.73. The average Bonchev–Trinajstić information content (AvgIpc) is 2.52. The van der Waals surface area contributed by atoms with Crippen LogP contribution < -0.4 is 11.1 Å². The molecule has 0 saturated carbocycles. The number of nitrogens with two attached hydrogens (primary N) is 1. The van der Waals surface area contributed by atoms with Crippen molar-refractivity contribution in [2.45, 2.75) is 17.9 Å². The van der Waals surface area contributed by atoms with Gasteiger partial charge in [-0.05, 0) is 42.9 Å². The lowest BCUT2D eigenvalue weighted by Gasteiger charge is -2.07. The summed E-state index contributed by atoms with van der Waals surface area (Å²) < 4.78 is 0. The molecule has 21 heavy (non-hydrogen) atoms. The molecule has 0 unspecified atom stereocenters. The van der Waals surface area contributed by atoms with Crippen LogP contribution in [-0.4, -0.2) is 23.2 Å². The Labute approximate surface area is 129 Å². The molecular weight excluding hydrogens is 282 g/mol. The Bertz CT molecular complexity index is 575. The minimum absolute atomic E-state index is 0.106. The van der Waals surface area contributed by atoms with Crippen LogP contribution in [0.4, 0.5) is 5.69 Å². The first-order valence-corrected chi connectivity index (χ1v) is 7.92. The summed E-state index contributed by atoms with van der Waals surface area (Å²) in [4.78, 5) is 16.2. The fraction of sp³-hybridized carbons (Fsp3) is 0.250. The Morgan fingerprint density at radius 3 is 2.71 bits per heavy atom. The summed E-state index contributed by atoms with van der Waals surface area (Å²) in [5.41, 5.74) is 6.82. The number of nitrogens with zero attached hydrogens (tertiary/aromatic N) is 1. The standard InChI is InChI=1S/C16H19N3OS/c17-14-8-2-1-7-13(14)16(20)19-11-5-6-12-21-15-9-3-4-10-18-15/h1-4,7-10H,5-6,11-12,17H2,(H,19,20). The van der Waals surface area contributed by atoms with Crippen LogP contribution in [0.25, 0.3) is 0 Å². The van der Waals surface area contributed by atoms with Gasteiger partial charge >= 0.3 is 0 Å². The van der Waals surface area contributed by atoms with Crippen molar-refractivity contribution in [3.63, 3.8) is 0 Å². The number of thioether (sulfide) groups is 1. The number of benzene rings is 1. The molecule has 1 heterocycles. The van der Waals surface area contributed by atoms with Gasteiger partial charge in [0.05, 0.1) is 10.6 Å². The summed E-state index contributed by atoms with van der Waals surface area (Å²) in [6.07, 6.45) is 3.77. The van der Waals surface area contributed by atoms with E-state index in [1.54, 1.807) is 30.1 Å². The minimum Gasteiger partial charge on any atom is -0.398 e. The number of nitrogens with one attached hydrogen (secondary N) is 1. The first-order valence-electron chi connectivity index (χ1n) is 6.94. The minimum atomic E-state index is -0.106. The number of pyridine rings is 1. The third-order valence-electron chi connectivity index (χ3n) is 2.95. The molecule has 0 spiro atoms. The van der Waals surface area contributed by atoms with Crippen molar-refractivity contribution >= 4 is 23.4 Å². The van der Waals surface area contributed by atoms with Gasteiger partial charge in [0, 0.05) is 18.4 Å². The molecule has 0 aliphatic rings. The van der Waals surface area contributed by atoms with Gasteiger partial charge in [-0.25, -0.2) is 4.98 Å². The Hall–Kier alpha value is -2.01. The largest absolute Gasteiger partial charge is 0.398 e. The molecule has 0 saturated heterocycles. The summed E-state index contributed by atoms with van der Waals surface area (Å²) in [6.45, 7) is 0.663. The van der Waals surface area contributed by atoms with Gasteiger partial charge in [-0.1, -0.05) is 18.2 Å². The second-order valence-corrected chi connectivity index (χ2v) is 5.68.